The van der Waals surface area contributed by atoms with E-state index in [-0.39, 0.29) is 6.29 Å². The van der Waals surface area contributed by atoms with Crippen LogP contribution in [0.1, 0.15) is 6.92 Å². The number of hydrogen-bond donors (Lipinski definition) is 6. The van der Waals surface area contributed by atoms with E-state index in [1.54, 1.807) is 13.0 Å². The van der Waals surface area contributed by atoms with Crippen molar-refractivity contribution in [3.8, 4) is 0 Å². The summed E-state index contributed by atoms with van der Waals surface area (Å²) in [6.07, 6.45) is -5.64. The second kappa shape index (κ2) is 13.5. The fourth-order valence-electron chi connectivity index (χ4n) is 0.956. The van der Waals surface area contributed by atoms with Crippen LogP contribution in [-0.4, -0.2) is 82.1 Å². The minimum Gasteiger partial charge on any atom is -0.450 e. The Morgan fingerprint density at radius 3 is 2.24 bits per heavy atom. The van der Waals surface area contributed by atoms with Crippen LogP contribution in [0.2, 0.25) is 0 Å². The molecule has 0 rings (SSSR count). The van der Waals surface area contributed by atoms with E-state index in [4.69, 9.17) is 25.5 Å². The van der Waals surface area contributed by atoms with E-state index >= 15 is 0 Å². The molecule has 0 unspecified atom stereocenters. The van der Waals surface area contributed by atoms with Crippen LogP contribution in [0.25, 0.3) is 0 Å². The molecule has 0 aromatic carbocycles. The number of rotatable bonds is 8. The van der Waals surface area contributed by atoms with Gasteiger partial charge in [0.05, 0.1) is 13.2 Å². The van der Waals surface area contributed by atoms with Crippen molar-refractivity contribution in [3.63, 3.8) is 0 Å². The molecule has 4 atom stereocenters. The van der Waals surface area contributed by atoms with Gasteiger partial charge in [-0.2, -0.15) is 0 Å². The number of carbonyl (C=O) groups excluding carboxylic acids is 2. The highest BCUT2D eigenvalue weighted by molar-refractivity contribution is 5.67. The summed E-state index contributed by atoms with van der Waals surface area (Å²) in [5, 5.41) is 46.0. The smallest absolute Gasteiger partial charge is 0.407 e. The Labute approximate surface area is 122 Å². The summed E-state index contributed by atoms with van der Waals surface area (Å²) in [5.41, 5.74) is 0. The minimum atomic E-state index is -1.79. The maximum atomic E-state index is 10.4. The third kappa shape index (κ3) is 10.9. The number of aliphatic hydroxyl groups is 5. The Morgan fingerprint density at radius 2 is 1.86 bits per heavy atom. The number of amides is 1. The first-order valence-electron chi connectivity index (χ1n) is 6.15. The van der Waals surface area contributed by atoms with Crippen molar-refractivity contribution in [3.05, 3.63) is 12.7 Å². The molecule has 1 amide bonds. The van der Waals surface area contributed by atoms with Crippen LogP contribution < -0.4 is 5.32 Å². The lowest BCUT2D eigenvalue weighted by Crippen LogP contribution is -2.46. The quantitative estimate of drug-likeness (QED) is 0.213. The van der Waals surface area contributed by atoms with Gasteiger partial charge in [0.2, 0.25) is 0 Å². The molecule has 0 aliphatic heterocycles. The molecule has 6 N–H and O–H groups in total. The highest BCUT2D eigenvalue weighted by Crippen LogP contribution is 2.02. The van der Waals surface area contributed by atoms with E-state index in [1.165, 1.54) is 0 Å². The molecule has 0 aliphatic carbocycles. The lowest BCUT2D eigenvalue weighted by atomic mass is 10.0. The van der Waals surface area contributed by atoms with E-state index in [2.05, 4.69) is 16.6 Å². The predicted molar refractivity (Wildman–Crippen MR) is 72.4 cm³/mol. The van der Waals surface area contributed by atoms with Crippen LogP contribution in [0.4, 0.5) is 4.79 Å². The zero-order valence-electron chi connectivity index (χ0n) is 11.8. The van der Waals surface area contributed by atoms with Gasteiger partial charge >= 0.3 is 6.09 Å². The van der Waals surface area contributed by atoms with Gasteiger partial charge in [0, 0.05) is 6.54 Å². The second-order valence-electron chi connectivity index (χ2n) is 3.75. The predicted octanol–water partition coefficient (Wildman–Crippen LogP) is -2.46. The van der Waals surface area contributed by atoms with Crippen LogP contribution in [0, 0.1) is 0 Å². The van der Waals surface area contributed by atoms with Crippen molar-refractivity contribution in [2.45, 2.75) is 31.3 Å². The molecule has 21 heavy (non-hydrogen) atoms. The Bertz CT molecular complexity index is 299. The van der Waals surface area contributed by atoms with Crippen LogP contribution in [0.15, 0.2) is 12.7 Å². The highest BCUT2D eigenvalue weighted by Gasteiger charge is 2.29. The molecule has 0 saturated carbocycles. The van der Waals surface area contributed by atoms with Gasteiger partial charge in [-0.05, 0) is 6.92 Å². The van der Waals surface area contributed by atoms with Gasteiger partial charge in [0.15, 0.2) is 6.29 Å². The third-order valence-corrected chi connectivity index (χ3v) is 2.09. The van der Waals surface area contributed by atoms with Crippen molar-refractivity contribution in [2.24, 2.45) is 0 Å². The summed E-state index contributed by atoms with van der Waals surface area (Å²) < 4.78 is 4.55. The number of carbonyl (C=O) groups is 2. The first-order valence-corrected chi connectivity index (χ1v) is 6.15. The number of aliphatic hydroxyl groups excluding tert-OH is 5. The average Bonchev–Trinajstić information content (AvgIpc) is 2.50. The number of ether oxygens (including phenoxy) is 1. The molecule has 0 heterocycles. The van der Waals surface area contributed by atoms with Crippen molar-refractivity contribution >= 4 is 12.4 Å². The Hall–Kier alpha value is -1.52. The number of aldehydes is 1. The maximum Gasteiger partial charge on any atom is 0.407 e. The lowest BCUT2D eigenvalue weighted by molar-refractivity contribution is -0.136. The summed E-state index contributed by atoms with van der Waals surface area (Å²) in [5.74, 6) is 0. The van der Waals surface area contributed by atoms with Gasteiger partial charge in [0.1, 0.15) is 24.4 Å². The lowest BCUT2D eigenvalue weighted by Gasteiger charge is -2.22. The first-order chi connectivity index (χ1) is 9.85. The highest BCUT2D eigenvalue weighted by atomic mass is 16.5. The average molecular weight is 309 g/mol. The summed E-state index contributed by atoms with van der Waals surface area (Å²) in [6, 6.07) is 0. The molecule has 0 spiro atoms. The fourth-order valence-corrected chi connectivity index (χ4v) is 0.956. The molecule has 0 radical (unpaired) electrons. The normalized spacial score (nSPS) is 15.5. The molecule has 124 valence electrons. The Kier molecular flexibility index (Phi) is 14.0. The molecule has 0 bridgehead atoms. The third-order valence-electron chi connectivity index (χ3n) is 2.09. The Balaban J connectivity index is 0. The van der Waals surface area contributed by atoms with Gasteiger partial charge < -0.3 is 40.4 Å². The summed E-state index contributed by atoms with van der Waals surface area (Å²) in [6.45, 7) is 5.28. The second-order valence-corrected chi connectivity index (χ2v) is 3.75. The summed E-state index contributed by atoms with van der Waals surface area (Å²) in [7, 11) is 0. The molecule has 0 aromatic heterocycles. The summed E-state index contributed by atoms with van der Waals surface area (Å²) in [4.78, 5) is 20.3. The first kappa shape index (κ1) is 21.8. The number of alkyl carbamates (subject to hydrolysis) is 1. The van der Waals surface area contributed by atoms with Gasteiger partial charge in [-0.25, -0.2) is 4.79 Å². The van der Waals surface area contributed by atoms with Crippen LogP contribution >= 0.6 is 0 Å². The van der Waals surface area contributed by atoms with Gasteiger partial charge in [-0.1, -0.05) is 6.08 Å². The molecule has 0 aliphatic rings. The molecule has 0 saturated heterocycles. The standard InChI is InChI=1S/C6H11NO2.C6H12O6/c1-3-5-7-6(8)9-4-2;7-1-3(9)5(11)6(12)4(10)2-8/h3H,1,4-5H2,2H3,(H,7,8);1,3-6,8-12H,2H2/t;3-,4+,5+,6+/m.0/s1. The zero-order chi connectivity index (χ0) is 16.8. The van der Waals surface area contributed by atoms with Gasteiger partial charge in [-0.15, -0.1) is 6.58 Å². The molecular weight excluding hydrogens is 286 g/mol. The SMILES string of the molecule is C=CCNC(=O)OCC.O=C[C@H](O)[C@@H](O)[C@H](O)[C@H](O)CO. The monoisotopic (exact) mass is 309 g/mol. The number of hydrogen-bond acceptors (Lipinski definition) is 8. The molecule has 0 aromatic rings. The van der Waals surface area contributed by atoms with Crippen LogP contribution in [-0.2, 0) is 9.53 Å². The molecule has 0 fully saturated rings. The molecule has 9 heteroatoms. The van der Waals surface area contributed by atoms with E-state index in [0.717, 1.165) is 0 Å². The molecular formula is C12H23NO8. The van der Waals surface area contributed by atoms with E-state index in [9.17, 15) is 9.59 Å². The van der Waals surface area contributed by atoms with E-state index in [1.807, 2.05) is 0 Å². The van der Waals surface area contributed by atoms with Crippen molar-refractivity contribution in [2.75, 3.05) is 19.8 Å². The van der Waals surface area contributed by atoms with Gasteiger partial charge in [-0.3, -0.25) is 0 Å². The minimum absolute atomic E-state index is 0.0258. The fraction of sp³-hybridized carbons (Fsp3) is 0.667. The maximum absolute atomic E-state index is 10.4. The molecule has 9 nitrogen and oxygen atoms in total. The number of nitrogens with one attached hydrogen (secondary N) is 1. The largest absolute Gasteiger partial charge is 0.450 e. The van der Waals surface area contributed by atoms with Crippen molar-refractivity contribution in [1.82, 2.24) is 5.32 Å². The Morgan fingerprint density at radius 1 is 1.29 bits per heavy atom. The topological polar surface area (TPSA) is 157 Å². The van der Waals surface area contributed by atoms with E-state index < -0.39 is 37.1 Å². The van der Waals surface area contributed by atoms with Crippen LogP contribution in [0.5, 0.6) is 0 Å². The van der Waals surface area contributed by atoms with Crippen molar-refractivity contribution in [1.29, 1.82) is 0 Å². The zero-order valence-corrected chi connectivity index (χ0v) is 11.8. The van der Waals surface area contributed by atoms with E-state index in [0.29, 0.717) is 13.2 Å². The van der Waals surface area contributed by atoms with Crippen molar-refractivity contribution < 1.29 is 39.9 Å². The van der Waals surface area contributed by atoms with Gasteiger partial charge in [0.25, 0.3) is 0 Å². The van der Waals surface area contributed by atoms with Crippen LogP contribution in [0.3, 0.4) is 0 Å². The summed E-state index contributed by atoms with van der Waals surface area (Å²) >= 11 is 0.